The van der Waals surface area contributed by atoms with Crippen LogP contribution in [0.4, 0.5) is 5.69 Å². The highest BCUT2D eigenvalue weighted by Crippen LogP contribution is 2.19. The van der Waals surface area contributed by atoms with Crippen molar-refractivity contribution < 1.29 is 0 Å². The predicted octanol–water partition coefficient (Wildman–Crippen LogP) is 1.30. The van der Waals surface area contributed by atoms with E-state index in [0.29, 0.717) is 0 Å². The van der Waals surface area contributed by atoms with Crippen molar-refractivity contribution in [1.29, 1.82) is 0 Å². The van der Waals surface area contributed by atoms with Crippen molar-refractivity contribution in [3.63, 3.8) is 0 Å². The Bertz CT molecular complexity index is 425. The Morgan fingerprint density at radius 3 is 2.35 bits per heavy atom. The Morgan fingerprint density at radius 1 is 1.18 bits per heavy atom. The second-order valence-corrected chi connectivity index (χ2v) is 5.56. The molecule has 1 aliphatic heterocycles. The summed E-state index contributed by atoms with van der Waals surface area (Å²) < 4.78 is 0. The summed E-state index contributed by atoms with van der Waals surface area (Å²) in [6.07, 6.45) is 1.72. The van der Waals surface area contributed by atoms with Gasteiger partial charge in [-0.25, -0.2) is 0 Å². The van der Waals surface area contributed by atoms with Crippen molar-refractivity contribution in [3.05, 3.63) is 28.7 Å². The van der Waals surface area contributed by atoms with Crippen LogP contribution < -0.4 is 10.5 Å². The molecule has 1 saturated heterocycles. The Hall–Kier alpha value is -1.29. The summed E-state index contributed by atoms with van der Waals surface area (Å²) in [4.78, 5) is 18.7. The van der Waals surface area contributed by atoms with Gasteiger partial charge < -0.3 is 9.88 Å². The molecule has 4 heteroatoms. The van der Waals surface area contributed by atoms with Crippen LogP contribution in [0.15, 0.2) is 23.1 Å². The maximum Gasteiger partial charge on any atom is 0.249 e. The standard InChI is InChI=1S/C13H21N3O/c1-13(2,3)16-8-6-15(7-9-16)11-4-5-14-12(17)10-11/h4-5,10H,6-9H2,1-3H3,(H,14,17). The van der Waals surface area contributed by atoms with Gasteiger partial charge in [0.05, 0.1) is 0 Å². The second-order valence-electron chi connectivity index (χ2n) is 5.56. The van der Waals surface area contributed by atoms with E-state index in [4.69, 9.17) is 0 Å². The molecule has 2 heterocycles. The highest BCUT2D eigenvalue weighted by molar-refractivity contribution is 5.45. The average Bonchev–Trinajstić information content (AvgIpc) is 2.28. The molecule has 0 spiro atoms. The van der Waals surface area contributed by atoms with Gasteiger partial charge in [-0.05, 0) is 26.8 Å². The van der Waals surface area contributed by atoms with Gasteiger partial charge in [0.25, 0.3) is 0 Å². The molecular weight excluding hydrogens is 214 g/mol. The highest BCUT2D eigenvalue weighted by Gasteiger charge is 2.25. The van der Waals surface area contributed by atoms with Gasteiger partial charge in [-0.1, -0.05) is 0 Å². The Morgan fingerprint density at radius 2 is 1.82 bits per heavy atom. The normalized spacial score (nSPS) is 18.4. The molecule has 1 aliphatic rings. The average molecular weight is 235 g/mol. The SMILES string of the molecule is CC(C)(C)N1CCN(c2cc[nH]c(=O)c2)CC1. The number of aromatic amines is 1. The minimum absolute atomic E-state index is 0.0271. The van der Waals surface area contributed by atoms with Gasteiger partial charge in [-0.3, -0.25) is 9.69 Å². The zero-order valence-corrected chi connectivity index (χ0v) is 10.9. The van der Waals surface area contributed by atoms with Gasteiger partial charge in [-0.2, -0.15) is 0 Å². The van der Waals surface area contributed by atoms with Crippen LogP contribution in [0, 0.1) is 0 Å². The summed E-state index contributed by atoms with van der Waals surface area (Å²) in [6, 6.07) is 3.64. The Balaban J connectivity index is 2.02. The lowest BCUT2D eigenvalue weighted by Crippen LogP contribution is -2.53. The number of aromatic nitrogens is 1. The van der Waals surface area contributed by atoms with E-state index < -0.39 is 0 Å². The molecule has 1 fully saturated rings. The fraction of sp³-hybridized carbons (Fsp3) is 0.615. The van der Waals surface area contributed by atoms with Crippen molar-refractivity contribution in [2.45, 2.75) is 26.3 Å². The molecule has 0 aromatic carbocycles. The van der Waals surface area contributed by atoms with Crippen LogP contribution in [0.5, 0.6) is 0 Å². The minimum atomic E-state index is -0.0271. The van der Waals surface area contributed by atoms with E-state index in [1.807, 2.05) is 6.07 Å². The molecular formula is C13H21N3O. The first-order valence-corrected chi connectivity index (χ1v) is 6.15. The van der Waals surface area contributed by atoms with Crippen molar-refractivity contribution in [2.75, 3.05) is 31.1 Å². The molecule has 1 aromatic heterocycles. The van der Waals surface area contributed by atoms with Gasteiger partial charge in [0.2, 0.25) is 5.56 Å². The monoisotopic (exact) mass is 235 g/mol. The van der Waals surface area contributed by atoms with Gasteiger partial charge in [0, 0.05) is 49.7 Å². The molecule has 17 heavy (non-hydrogen) atoms. The number of hydrogen-bond donors (Lipinski definition) is 1. The summed E-state index contributed by atoms with van der Waals surface area (Å²) in [6.45, 7) is 10.8. The lowest BCUT2D eigenvalue weighted by molar-refractivity contribution is 0.128. The zero-order chi connectivity index (χ0) is 12.5. The van der Waals surface area contributed by atoms with E-state index >= 15 is 0 Å². The van der Waals surface area contributed by atoms with Crippen LogP contribution in [-0.2, 0) is 0 Å². The molecule has 0 saturated carbocycles. The van der Waals surface area contributed by atoms with E-state index in [-0.39, 0.29) is 11.1 Å². The number of pyridine rings is 1. The molecule has 0 radical (unpaired) electrons. The summed E-state index contributed by atoms with van der Waals surface area (Å²) in [5.41, 5.74) is 1.24. The number of piperazine rings is 1. The summed E-state index contributed by atoms with van der Waals surface area (Å²) in [5, 5.41) is 0. The molecule has 2 rings (SSSR count). The molecule has 0 amide bonds. The van der Waals surface area contributed by atoms with E-state index in [1.165, 1.54) is 0 Å². The van der Waals surface area contributed by atoms with Gasteiger partial charge in [-0.15, -0.1) is 0 Å². The third kappa shape index (κ3) is 2.88. The number of anilines is 1. The van der Waals surface area contributed by atoms with E-state index in [2.05, 4.69) is 35.6 Å². The topological polar surface area (TPSA) is 39.3 Å². The van der Waals surface area contributed by atoms with Crippen LogP contribution >= 0.6 is 0 Å². The highest BCUT2D eigenvalue weighted by atomic mass is 16.1. The number of nitrogens with zero attached hydrogens (tertiary/aromatic N) is 2. The van der Waals surface area contributed by atoms with E-state index in [1.54, 1.807) is 12.3 Å². The van der Waals surface area contributed by atoms with Crippen LogP contribution in [0.25, 0.3) is 0 Å². The van der Waals surface area contributed by atoms with E-state index in [9.17, 15) is 4.79 Å². The van der Waals surface area contributed by atoms with Gasteiger partial charge in [0.15, 0.2) is 0 Å². The maximum atomic E-state index is 11.3. The first kappa shape index (κ1) is 12.2. The number of nitrogens with one attached hydrogen (secondary N) is 1. The number of H-pyrrole nitrogens is 1. The molecule has 0 atom stereocenters. The first-order chi connectivity index (χ1) is 7.97. The minimum Gasteiger partial charge on any atom is -0.369 e. The summed E-state index contributed by atoms with van der Waals surface area (Å²) >= 11 is 0. The number of hydrogen-bond acceptors (Lipinski definition) is 3. The van der Waals surface area contributed by atoms with Crippen molar-refractivity contribution in [2.24, 2.45) is 0 Å². The fourth-order valence-corrected chi connectivity index (χ4v) is 2.27. The summed E-state index contributed by atoms with van der Waals surface area (Å²) in [5.74, 6) is 0. The van der Waals surface area contributed by atoms with Crippen molar-refractivity contribution in [1.82, 2.24) is 9.88 Å². The molecule has 1 aromatic rings. The third-order valence-electron chi connectivity index (χ3n) is 3.35. The van der Waals surface area contributed by atoms with Crippen molar-refractivity contribution >= 4 is 5.69 Å². The molecule has 94 valence electrons. The summed E-state index contributed by atoms with van der Waals surface area (Å²) in [7, 11) is 0. The van der Waals surface area contributed by atoms with Gasteiger partial charge in [0.1, 0.15) is 0 Å². The zero-order valence-electron chi connectivity index (χ0n) is 10.9. The lowest BCUT2D eigenvalue weighted by atomic mass is 10.0. The lowest BCUT2D eigenvalue weighted by Gasteiger charge is -2.43. The molecule has 0 aliphatic carbocycles. The Kier molecular flexibility index (Phi) is 3.24. The van der Waals surface area contributed by atoms with Crippen LogP contribution in [0.3, 0.4) is 0 Å². The van der Waals surface area contributed by atoms with Crippen LogP contribution in [-0.4, -0.2) is 41.6 Å². The molecule has 0 bridgehead atoms. The maximum absolute atomic E-state index is 11.3. The van der Waals surface area contributed by atoms with Crippen LogP contribution in [0.1, 0.15) is 20.8 Å². The quantitative estimate of drug-likeness (QED) is 0.797. The smallest absolute Gasteiger partial charge is 0.249 e. The largest absolute Gasteiger partial charge is 0.369 e. The molecule has 4 nitrogen and oxygen atoms in total. The fourth-order valence-electron chi connectivity index (χ4n) is 2.27. The van der Waals surface area contributed by atoms with Gasteiger partial charge >= 0.3 is 0 Å². The number of rotatable bonds is 1. The second kappa shape index (κ2) is 4.53. The Labute approximate surface area is 102 Å². The van der Waals surface area contributed by atoms with E-state index in [0.717, 1.165) is 31.9 Å². The van der Waals surface area contributed by atoms with Crippen molar-refractivity contribution in [3.8, 4) is 0 Å². The molecule has 1 N–H and O–H groups in total. The molecule has 0 unspecified atom stereocenters. The first-order valence-electron chi connectivity index (χ1n) is 6.15. The third-order valence-corrected chi connectivity index (χ3v) is 3.35. The van der Waals surface area contributed by atoms with Crippen LogP contribution in [0.2, 0.25) is 0 Å². The predicted molar refractivity (Wildman–Crippen MR) is 70.6 cm³/mol.